The first-order chi connectivity index (χ1) is 18.8. The second kappa shape index (κ2) is 9.81. The van der Waals surface area contributed by atoms with E-state index in [1.807, 2.05) is 30.3 Å². The Bertz CT molecular complexity index is 1660. The fraction of sp³-hybridized carbons (Fsp3) is 0.286. The third-order valence-corrected chi connectivity index (χ3v) is 8.03. The maximum atomic E-state index is 12.6. The topological polar surface area (TPSA) is 125 Å². The third kappa shape index (κ3) is 4.39. The maximum Gasteiger partial charge on any atom is 0.229 e. The van der Waals surface area contributed by atoms with Gasteiger partial charge in [0.2, 0.25) is 11.7 Å². The molecule has 0 unspecified atom stereocenters. The molecule has 2 fully saturated rings. The van der Waals surface area contributed by atoms with Crippen LogP contribution in [0.2, 0.25) is 10.0 Å². The zero-order valence-electron chi connectivity index (χ0n) is 20.8. The molecule has 4 N–H and O–H groups in total. The molecule has 0 saturated heterocycles. The van der Waals surface area contributed by atoms with Gasteiger partial charge in [-0.2, -0.15) is 0 Å². The van der Waals surface area contributed by atoms with E-state index < -0.39 is 23.7 Å². The number of anilines is 1. The normalized spacial score (nSPS) is 25.1. The molecule has 2 aliphatic rings. The highest BCUT2D eigenvalue weighted by Crippen LogP contribution is 2.67. The second-order valence-corrected chi connectivity index (χ2v) is 10.7. The van der Waals surface area contributed by atoms with Crippen molar-refractivity contribution in [2.24, 2.45) is 11.3 Å². The van der Waals surface area contributed by atoms with Gasteiger partial charge >= 0.3 is 0 Å². The number of rotatable bonds is 5. The number of fused-ring (bicyclic) bond motifs is 2. The Morgan fingerprint density at radius 3 is 2.64 bits per heavy atom. The number of nitrogens with zero attached hydrogens (tertiary/aromatic N) is 4. The van der Waals surface area contributed by atoms with Crippen molar-refractivity contribution >= 4 is 46.1 Å². The first-order valence-electron chi connectivity index (χ1n) is 12.4. The molecular weight excluding hydrogens is 539 g/mol. The molecule has 1 amide bonds. The number of hydrogen-bond acceptors (Lipinski definition) is 7. The summed E-state index contributed by atoms with van der Waals surface area (Å²) >= 11 is 12.3. The number of aromatic nitrogens is 4. The number of carbonyl (C=O) groups excluding carboxylic acids is 1. The molecule has 4 aromatic rings. The third-order valence-electron chi connectivity index (χ3n) is 7.56. The van der Waals surface area contributed by atoms with E-state index in [1.54, 1.807) is 29.1 Å². The monoisotopic (exact) mass is 562 g/mol. The van der Waals surface area contributed by atoms with Crippen LogP contribution in [0.3, 0.4) is 0 Å². The van der Waals surface area contributed by atoms with Gasteiger partial charge in [0, 0.05) is 35.1 Å². The highest BCUT2D eigenvalue weighted by Gasteiger charge is 2.75. The second-order valence-electron chi connectivity index (χ2n) is 9.82. The summed E-state index contributed by atoms with van der Waals surface area (Å²) in [4.78, 5) is 26.5. The van der Waals surface area contributed by atoms with E-state index in [1.165, 1.54) is 7.05 Å². The summed E-state index contributed by atoms with van der Waals surface area (Å²) in [6.45, 7) is 0.424. The zero-order valence-corrected chi connectivity index (χ0v) is 22.3. The van der Waals surface area contributed by atoms with Gasteiger partial charge in [-0.15, -0.1) is 0 Å². The van der Waals surface area contributed by atoms with Crippen molar-refractivity contribution in [1.29, 1.82) is 0 Å². The van der Waals surface area contributed by atoms with Crippen LogP contribution in [0.1, 0.15) is 29.4 Å². The molecular formula is C28H24Cl2N6O3. The van der Waals surface area contributed by atoms with E-state index in [-0.39, 0.29) is 17.6 Å². The lowest BCUT2D eigenvalue weighted by Gasteiger charge is -2.23. The summed E-state index contributed by atoms with van der Waals surface area (Å²) in [5.41, 5.74) is 1.54. The van der Waals surface area contributed by atoms with Gasteiger partial charge in [-0.3, -0.25) is 4.79 Å². The molecule has 0 spiro atoms. The molecule has 2 aliphatic carbocycles. The van der Waals surface area contributed by atoms with Crippen LogP contribution in [0.25, 0.3) is 11.2 Å². The van der Waals surface area contributed by atoms with Crippen LogP contribution in [-0.2, 0) is 11.3 Å². The molecule has 0 bridgehead atoms. The number of aliphatic hydroxyl groups is 2. The predicted molar refractivity (Wildman–Crippen MR) is 147 cm³/mol. The Kier molecular flexibility index (Phi) is 6.44. The quantitative estimate of drug-likeness (QED) is 0.275. The van der Waals surface area contributed by atoms with Gasteiger partial charge in [0.25, 0.3) is 0 Å². The number of carbonyl (C=O) groups is 1. The Balaban J connectivity index is 1.42. The van der Waals surface area contributed by atoms with Crippen molar-refractivity contribution in [2.75, 3.05) is 12.4 Å². The molecule has 2 heterocycles. The lowest BCUT2D eigenvalue weighted by Crippen LogP contribution is -2.41. The van der Waals surface area contributed by atoms with Gasteiger partial charge in [-0.1, -0.05) is 47.3 Å². The lowest BCUT2D eigenvalue weighted by molar-refractivity contribution is -0.132. The van der Waals surface area contributed by atoms with E-state index in [0.717, 1.165) is 5.56 Å². The number of halogens is 2. The van der Waals surface area contributed by atoms with E-state index >= 15 is 0 Å². The van der Waals surface area contributed by atoms with Crippen LogP contribution in [0.15, 0.2) is 54.9 Å². The van der Waals surface area contributed by atoms with E-state index in [2.05, 4.69) is 37.4 Å². The number of imidazole rings is 1. The summed E-state index contributed by atoms with van der Waals surface area (Å²) in [7, 11) is 1.53. The summed E-state index contributed by atoms with van der Waals surface area (Å²) in [5, 5.41) is 29.0. The van der Waals surface area contributed by atoms with Crippen LogP contribution in [0.5, 0.6) is 0 Å². The Morgan fingerprint density at radius 1 is 1.13 bits per heavy atom. The van der Waals surface area contributed by atoms with Crippen LogP contribution in [0, 0.1) is 23.2 Å². The average Bonchev–Trinajstić information content (AvgIpc) is 3.47. The highest BCUT2D eigenvalue weighted by atomic mass is 35.5. The smallest absolute Gasteiger partial charge is 0.229 e. The van der Waals surface area contributed by atoms with Gasteiger partial charge in [-0.25, -0.2) is 15.0 Å². The molecule has 11 heteroatoms. The Morgan fingerprint density at radius 2 is 1.90 bits per heavy atom. The first kappa shape index (κ1) is 25.6. The standard InChI is InChI=1S/C28H24Cl2N6O3/c1-31-27(39)28-12-19(28)22(23(37)24(28)38)36-14-33-21-25(32-13-16-5-3-7-18(30)11-16)34-20(35-26(21)36)9-8-15-4-2-6-17(29)10-15/h2-7,10-11,14,19,22-24,37-38H,12-13H2,1H3,(H,31,39)(H,32,34,35)/t19-,22-,23+,24+,28+/m1/s1. The van der Waals surface area contributed by atoms with Crippen molar-refractivity contribution in [1.82, 2.24) is 24.8 Å². The molecule has 2 saturated carbocycles. The van der Waals surface area contributed by atoms with Crippen molar-refractivity contribution in [3.8, 4) is 11.8 Å². The fourth-order valence-corrected chi connectivity index (χ4v) is 6.03. The number of benzene rings is 2. The molecule has 0 radical (unpaired) electrons. The van der Waals surface area contributed by atoms with Crippen LogP contribution >= 0.6 is 23.2 Å². The van der Waals surface area contributed by atoms with Gasteiger partial charge in [-0.05, 0) is 48.2 Å². The minimum atomic E-state index is -1.20. The molecule has 6 rings (SSSR count). The first-order valence-corrected chi connectivity index (χ1v) is 13.2. The number of aliphatic hydroxyl groups excluding tert-OH is 2. The largest absolute Gasteiger partial charge is 0.389 e. The van der Waals surface area contributed by atoms with Crippen LogP contribution < -0.4 is 10.6 Å². The molecule has 2 aromatic heterocycles. The molecule has 198 valence electrons. The van der Waals surface area contributed by atoms with Gasteiger partial charge in [0.1, 0.15) is 6.10 Å². The number of amides is 1. The van der Waals surface area contributed by atoms with Crippen molar-refractivity contribution < 1.29 is 15.0 Å². The van der Waals surface area contributed by atoms with E-state index in [0.29, 0.717) is 45.6 Å². The summed E-state index contributed by atoms with van der Waals surface area (Å²) in [6.07, 6.45) is -0.343. The summed E-state index contributed by atoms with van der Waals surface area (Å²) < 4.78 is 1.72. The van der Waals surface area contributed by atoms with Gasteiger partial charge in [0.15, 0.2) is 17.0 Å². The number of hydrogen-bond donors (Lipinski definition) is 4. The lowest BCUT2D eigenvalue weighted by atomic mass is 9.98. The zero-order chi connectivity index (χ0) is 27.3. The molecule has 5 atom stereocenters. The SMILES string of the molecule is CNC(=O)[C@@]12C[C@@H]1[C@@H](n1cnc3c(NCc4cccc(Cl)c4)nc(C#Cc4cccc(Cl)c4)nc31)[C@H](O)[C@@H]2O. The van der Waals surface area contributed by atoms with Crippen molar-refractivity contribution in [3.05, 3.63) is 81.9 Å². The number of nitrogens with one attached hydrogen (secondary N) is 2. The Labute approximate surface area is 234 Å². The average molecular weight is 563 g/mol. The van der Waals surface area contributed by atoms with Crippen molar-refractivity contribution in [2.45, 2.75) is 31.2 Å². The Hall–Kier alpha value is -3.68. The van der Waals surface area contributed by atoms with Gasteiger partial charge < -0.3 is 25.4 Å². The summed E-state index contributed by atoms with van der Waals surface area (Å²) in [5.74, 6) is 6.19. The van der Waals surface area contributed by atoms with E-state index in [9.17, 15) is 15.0 Å². The minimum Gasteiger partial charge on any atom is -0.389 e. The molecule has 0 aliphatic heterocycles. The summed E-state index contributed by atoms with van der Waals surface area (Å²) in [6, 6.07) is 14.0. The maximum absolute atomic E-state index is 12.6. The molecule has 2 aromatic carbocycles. The van der Waals surface area contributed by atoms with Crippen LogP contribution in [0.4, 0.5) is 5.82 Å². The molecule has 39 heavy (non-hydrogen) atoms. The highest BCUT2D eigenvalue weighted by molar-refractivity contribution is 6.30. The molecule has 9 nitrogen and oxygen atoms in total. The van der Waals surface area contributed by atoms with Crippen LogP contribution in [-0.4, -0.2) is 54.9 Å². The van der Waals surface area contributed by atoms with E-state index in [4.69, 9.17) is 23.2 Å². The predicted octanol–water partition coefficient (Wildman–Crippen LogP) is 3.17. The minimum absolute atomic E-state index is 0.235. The van der Waals surface area contributed by atoms with Gasteiger partial charge in [0.05, 0.1) is 23.9 Å². The fourth-order valence-electron chi connectivity index (χ4n) is 5.63. The van der Waals surface area contributed by atoms with Crippen molar-refractivity contribution in [3.63, 3.8) is 0 Å².